The highest BCUT2D eigenvalue weighted by Crippen LogP contribution is 2.36. The van der Waals surface area contributed by atoms with Gasteiger partial charge >= 0.3 is 0 Å². The largest absolute Gasteiger partial charge is 0.351 e. The molecule has 0 spiro atoms. The van der Waals surface area contributed by atoms with E-state index in [2.05, 4.69) is 11.4 Å². The van der Waals surface area contributed by atoms with E-state index in [1.165, 1.54) is 22.2 Å². The smallest absolute Gasteiger partial charge is 0.267 e. The van der Waals surface area contributed by atoms with Gasteiger partial charge in [-0.1, -0.05) is 29.5 Å². The Kier molecular flexibility index (Phi) is 5.53. The van der Waals surface area contributed by atoms with E-state index >= 15 is 0 Å². The highest BCUT2D eigenvalue weighted by Gasteiger charge is 2.25. The Bertz CT molecular complexity index is 1200. The van der Waals surface area contributed by atoms with Gasteiger partial charge in [-0.05, 0) is 71.1 Å². The summed E-state index contributed by atoms with van der Waals surface area (Å²) in [6.07, 6.45) is 3.07. The average Bonchev–Trinajstić information content (AvgIpc) is 3.20. The summed E-state index contributed by atoms with van der Waals surface area (Å²) in [5, 5.41) is 4.31. The molecule has 1 N–H and O–H groups in total. The molecule has 3 aromatic rings. The molecule has 1 amide bonds. The van der Waals surface area contributed by atoms with Crippen LogP contribution in [0.1, 0.15) is 48.8 Å². The van der Waals surface area contributed by atoms with Crippen LogP contribution in [0.4, 0.5) is 0 Å². The van der Waals surface area contributed by atoms with Crippen molar-refractivity contribution >= 4 is 39.2 Å². The van der Waals surface area contributed by atoms with E-state index in [0.717, 1.165) is 46.3 Å². The Balaban J connectivity index is 1.84. The first-order valence-electron chi connectivity index (χ1n) is 10.2. The Morgan fingerprint density at radius 2 is 2.03 bits per heavy atom. The van der Waals surface area contributed by atoms with Crippen LogP contribution in [-0.2, 0) is 17.6 Å². The number of thioether (sulfide) groups is 1. The van der Waals surface area contributed by atoms with Crippen molar-refractivity contribution in [3.63, 3.8) is 0 Å². The summed E-state index contributed by atoms with van der Waals surface area (Å²) < 4.78 is 1.71. The number of rotatable bonds is 4. The van der Waals surface area contributed by atoms with Gasteiger partial charge in [0.1, 0.15) is 4.83 Å². The molecule has 1 aliphatic rings. The molecule has 4 rings (SSSR count). The van der Waals surface area contributed by atoms with Gasteiger partial charge in [0, 0.05) is 10.4 Å². The maximum Gasteiger partial charge on any atom is 0.267 e. The second-order valence-corrected chi connectivity index (χ2v) is 11.0. The average molecular weight is 442 g/mol. The molecule has 0 saturated carbocycles. The monoisotopic (exact) mass is 441 g/mol. The highest BCUT2D eigenvalue weighted by atomic mass is 32.2. The Labute approximate surface area is 184 Å². The lowest BCUT2D eigenvalue weighted by molar-refractivity contribution is -0.119. The molecule has 2 heterocycles. The minimum absolute atomic E-state index is 0.0231. The predicted molar refractivity (Wildman–Crippen MR) is 125 cm³/mol. The van der Waals surface area contributed by atoms with Crippen LogP contribution in [-0.4, -0.2) is 26.8 Å². The van der Waals surface area contributed by atoms with Crippen LogP contribution in [0.2, 0.25) is 0 Å². The van der Waals surface area contributed by atoms with E-state index in [9.17, 15) is 9.59 Å². The normalized spacial score (nSPS) is 13.6. The fraction of sp³-hybridized carbons (Fsp3) is 0.435. The number of carbonyl (C=O) groups is 1. The van der Waals surface area contributed by atoms with E-state index in [-0.39, 0.29) is 22.8 Å². The van der Waals surface area contributed by atoms with Gasteiger partial charge < -0.3 is 5.32 Å². The molecule has 0 bridgehead atoms. The Morgan fingerprint density at radius 1 is 1.27 bits per heavy atom. The lowest BCUT2D eigenvalue weighted by Crippen LogP contribution is -2.41. The first kappa shape index (κ1) is 21.1. The van der Waals surface area contributed by atoms with Crippen molar-refractivity contribution in [1.29, 1.82) is 0 Å². The van der Waals surface area contributed by atoms with Crippen LogP contribution in [0.3, 0.4) is 0 Å². The van der Waals surface area contributed by atoms with Crippen LogP contribution in [0, 0.1) is 13.8 Å². The van der Waals surface area contributed by atoms with Crippen molar-refractivity contribution in [2.24, 2.45) is 0 Å². The van der Waals surface area contributed by atoms with E-state index < -0.39 is 0 Å². The zero-order valence-electron chi connectivity index (χ0n) is 18.1. The standard InChI is InChI=1S/C23H27N3O2S2/c1-13-9-10-16(14(2)11-13)26-21(28)19-15-7-6-8-17(15)30-20(19)24-22(26)29-12-18(27)25-23(3,4)5/h9-11H,6-8,12H2,1-5H3,(H,25,27). The van der Waals surface area contributed by atoms with Crippen molar-refractivity contribution in [3.05, 3.63) is 50.1 Å². The molecule has 0 fully saturated rings. The lowest BCUT2D eigenvalue weighted by Gasteiger charge is -2.20. The molecular formula is C23H27N3O2S2. The molecule has 0 radical (unpaired) electrons. The minimum atomic E-state index is -0.295. The molecule has 0 atom stereocenters. The summed E-state index contributed by atoms with van der Waals surface area (Å²) in [5.41, 5.74) is 3.85. The molecule has 0 aliphatic heterocycles. The summed E-state index contributed by atoms with van der Waals surface area (Å²) in [5.74, 6) is 0.147. The number of hydrogen-bond acceptors (Lipinski definition) is 5. The van der Waals surface area contributed by atoms with E-state index in [0.29, 0.717) is 5.16 Å². The minimum Gasteiger partial charge on any atom is -0.351 e. The zero-order valence-corrected chi connectivity index (χ0v) is 19.7. The molecule has 2 aromatic heterocycles. The first-order valence-corrected chi connectivity index (χ1v) is 12.0. The topological polar surface area (TPSA) is 64.0 Å². The number of aryl methyl sites for hydroxylation is 4. The number of fused-ring (bicyclic) bond motifs is 3. The second-order valence-electron chi connectivity index (χ2n) is 8.95. The van der Waals surface area contributed by atoms with E-state index in [1.807, 2.05) is 46.8 Å². The summed E-state index contributed by atoms with van der Waals surface area (Å²) in [4.78, 5) is 33.1. The Morgan fingerprint density at radius 3 is 2.73 bits per heavy atom. The van der Waals surface area contributed by atoms with Gasteiger partial charge in [-0.2, -0.15) is 0 Å². The van der Waals surface area contributed by atoms with Crippen molar-refractivity contribution in [3.8, 4) is 5.69 Å². The molecule has 30 heavy (non-hydrogen) atoms. The van der Waals surface area contributed by atoms with Gasteiger partial charge in [-0.15, -0.1) is 11.3 Å². The second kappa shape index (κ2) is 7.85. The fourth-order valence-corrected chi connectivity index (χ4v) is 6.08. The number of aromatic nitrogens is 2. The maximum atomic E-state index is 13.7. The molecule has 1 aromatic carbocycles. The number of nitrogens with one attached hydrogen (secondary N) is 1. The van der Waals surface area contributed by atoms with E-state index in [1.54, 1.807) is 15.9 Å². The van der Waals surface area contributed by atoms with Crippen LogP contribution in [0.5, 0.6) is 0 Å². The molecule has 1 aliphatic carbocycles. The van der Waals surface area contributed by atoms with Gasteiger partial charge in [0.05, 0.1) is 16.8 Å². The summed E-state index contributed by atoms with van der Waals surface area (Å²) in [6.45, 7) is 9.92. The van der Waals surface area contributed by atoms with Gasteiger partial charge in [0.25, 0.3) is 5.56 Å². The molecule has 7 heteroatoms. The van der Waals surface area contributed by atoms with Crippen LogP contribution in [0.15, 0.2) is 28.2 Å². The molecule has 0 unspecified atom stereocenters. The van der Waals surface area contributed by atoms with Gasteiger partial charge in [0.2, 0.25) is 5.91 Å². The molecule has 158 valence electrons. The summed E-state index contributed by atoms with van der Waals surface area (Å²) in [7, 11) is 0. The van der Waals surface area contributed by atoms with Crippen LogP contribution < -0.4 is 10.9 Å². The molecule has 0 saturated heterocycles. The van der Waals surface area contributed by atoms with Gasteiger partial charge in [-0.25, -0.2) is 4.98 Å². The summed E-state index contributed by atoms with van der Waals surface area (Å²) >= 11 is 2.95. The lowest BCUT2D eigenvalue weighted by atomic mass is 10.1. The summed E-state index contributed by atoms with van der Waals surface area (Å²) in [6, 6.07) is 6.06. The predicted octanol–water partition coefficient (Wildman–Crippen LogP) is 4.56. The number of hydrogen-bond donors (Lipinski definition) is 1. The third-order valence-corrected chi connectivity index (χ3v) is 7.27. The Hall–Kier alpha value is -2.12. The third kappa shape index (κ3) is 4.05. The molecular weight excluding hydrogens is 414 g/mol. The number of carbonyl (C=O) groups excluding carboxylic acids is 1. The number of amides is 1. The quantitative estimate of drug-likeness (QED) is 0.476. The van der Waals surface area contributed by atoms with Crippen LogP contribution >= 0.6 is 23.1 Å². The fourth-order valence-electron chi connectivity index (χ4n) is 3.97. The molecule has 5 nitrogen and oxygen atoms in total. The number of nitrogens with zero attached hydrogens (tertiary/aromatic N) is 2. The van der Waals surface area contributed by atoms with Crippen molar-refractivity contribution in [2.75, 3.05) is 5.75 Å². The third-order valence-electron chi connectivity index (χ3n) is 5.15. The first-order chi connectivity index (χ1) is 14.1. The van der Waals surface area contributed by atoms with Crippen molar-refractivity contribution < 1.29 is 4.79 Å². The highest BCUT2D eigenvalue weighted by molar-refractivity contribution is 7.99. The number of benzene rings is 1. The van der Waals surface area contributed by atoms with Crippen LogP contribution in [0.25, 0.3) is 15.9 Å². The maximum absolute atomic E-state index is 13.7. The van der Waals surface area contributed by atoms with Crippen molar-refractivity contribution in [2.45, 2.75) is 64.6 Å². The SMILES string of the molecule is Cc1ccc(-n2c(SCC(=O)NC(C)(C)C)nc3sc4c(c3c2=O)CCC4)c(C)c1. The van der Waals surface area contributed by atoms with Crippen molar-refractivity contribution in [1.82, 2.24) is 14.9 Å². The zero-order chi connectivity index (χ0) is 21.6. The van der Waals surface area contributed by atoms with Gasteiger partial charge in [-0.3, -0.25) is 14.2 Å². The van der Waals surface area contributed by atoms with Gasteiger partial charge in [0.15, 0.2) is 5.16 Å². The number of thiophene rings is 1. The van der Waals surface area contributed by atoms with E-state index in [4.69, 9.17) is 4.98 Å².